The lowest BCUT2D eigenvalue weighted by Crippen LogP contribution is -2.13. The van der Waals surface area contributed by atoms with Gasteiger partial charge in [0.2, 0.25) is 0 Å². The van der Waals surface area contributed by atoms with Gasteiger partial charge in [-0.1, -0.05) is 140 Å². The average molecular weight is 612 g/mol. The Morgan fingerprint density at radius 3 is 2.02 bits per heavy atom. The fraction of sp³-hybridized carbons (Fsp3) is 0.0638. The summed E-state index contributed by atoms with van der Waals surface area (Å²) in [6, 6.07) is 63.0. The summed E-state index contributed by atoms with van der Waals surface area (Å²) in [6.07, 6.45) is 2.13. The Morgan fingerprint density at radius 2 is 1.12 bits per heavy atom. The van der Waals surface area contributed by atoms with E-state index in [2.05, 4.69) is 174 Å². The van der Waals surface area contributed by atoms with Crippen LogP contribution in [0.3, 0.4) is 0 Å². The van der Waals surface area contributed by atoms with Crippen LogP contribution in [-0.2, 0) is 12.8 Å². The number of nitrogens with zero attached hydrogens (tertiary/aromatic N) is 1. The molecular formula is C47H33N. The van der Waals surface area contributed by atoms with Crippen molar-refractivity contribution in [3.63, 3.8) is 0 Å². The molecule has 9 aromatic rings. The van der Waals surface area contributed by atoms with Crippen LogP contribution in [0.1, 0.15) is 22.6 Å². The topological polar surface area (TPSA) is 4.93 Å². The maximum absolute atomic E-state index is 2.47. The highest BCUT2D eigenvalue weighted by Crippen LogP contribution is 2.44. The molecule has 1 unspecified atom stereocenters. The van der Waals surface area contributed by atoms with Gasteiger partial charge < -0.3 is 4.57 Å². The van der Waals surface area contributed by atoms with E-state index in [1.54, 1.807) is 0 Å². The standard InChI is InChI=1S/C47H33N/c1-2-12-31(13-3-1)26-36-27-34-14-4-7-17-38(34)43-28-32(22-24-39(36)43)33-23-25-46-44(29-33)42-20-10-11-21-45(42)48(46)47-30-35-15-5-6-16-37(35)40-18-8-9-19-41(40)47/h1-25,28-30,36H,26-27H2. The maximum Gasteiger partial charge on any atom is 0.0546 e. The molecule has 1 heterocycles. The lowest BCUT2D eigenvalue weighted by molar-refractivity contribution is 0.673. The second-order valence-electron chi connectivity index (χ2n) is 13.3. The van der Waals surface area contributed by atoms with Gasteiger partial charge in [0.05, 0.1) is 16.7 Å². The summed E-state index contributed by atoms with van der Waals surface area (Å²) in [5, 5.41) is 7.65. The molecular weight excluding hydrogens is 579 g/mol. The van der Waals surface area contributed by atoms with E-state index in [0.29, 0.717) is 5.92 Å². The van der Waals surface area contributed by atoms with Crippen molar-refractivity contribution < 1.29 is 0 Å². The van der Waals surface area contributed by atoms with Gasteiger partial charge in [-0.2, -0.15) is 0 Å². The van der Waals surface area contributed by atoms with Crippen LogP contribution in [0.4, 0.5) is 0 Å². The summed E-state index contributed by atoms with van der Waals surface area (Å²) in [5.74, 6) is 0.462. The molecule has 0 bridgehead atoms. The number of aromatic nitrogens is 1. The molecule has 1 aliphatic carbocycles. The van der Waals surface area contributed by atoms with Crippen LogP contribution in [-0.4, -0.2) is 4.57 Å². The molecule has 10 rings (SSSR count). The Hall–Kier alpha value is -5.92. The molecule has 1 atom stereocenters. The van der Waals surface area contributed by atoms with Crippen molar-refractivity contribution in [2.24, 2.45) is 0 Å². The predicted molar refractivity (Wildman–Crippen MR) is 203 cm³/mol. The van der Waals surface area contributed by atoms with Crippen molar-refractivity contribution in [2.75, 3.05) is 0 Å². The molecule has 0 N–H and O–H groups in total. The first-order chi connectivity index (χ1) is 23.8. The maximum atomic E-state index is 2.47. The van der Waals surface area contributed by atoms with Crippen molar-refractivity contribution in [2.45, 2.75) is 18.8 Å². The van der Waals surface area contributed by atoms with Crippen LogP contribution < -0.4 is 0 Å². The molecule has 1 nitrogen and oxygen atoms in total. The fourth-order valence-electron chi connectivity index (χ4n) is 8.37. The number of hydrogen-bond donors (Lipinski definition) is 0. The van der Waals surface area contributed by atoms with Gasteiger partial charge >= 0.3 is 0 Å². The molecule has 8 aromatic carbocycles. The van der Waals surface area contributed by atoms with Gasteiger partial charge in [0.15, 0.2) is 0 Å². The average Bonchev–Trinajstić information content (AvgIpc) is 3.48. The summed E-state index contributed by atoms with van der Waals surface area (Å²) in [5.41, 5.74) is 13.3. The third-order valence-electron chi connectivity index (χ3n) is 10.6. The lowest BCUT2D eigenvalue weighted by Gasteiger charge is -2.28. The molecule has 48 heavy (non-hydrogen) atoms. The first-order valence-electron chi connectivity index (χ1n) is 17.0. The van der Waals surface area contributed by atoms with Crippen LogP contribution in [0, 0.1) is 0 Å². The fourth-order valence-corrected chi connectivity index (χ4v) is 8.37. The van der Waals surface area contributed by atoms with Gasteiger partial charge in [-0.25, -0.2) is 0 Å². The van der Waals surface area contributed by atoms with E-state index in [0.717, 1.165) is 12.8 Å². The predicted octanol–water partition coefficient (Wildman–Crippen LogP) is 12.3. The molecule has 226 valence electrons. The van der Waals surface area contributed by atoms with E-state index in [4.69, 9.17) is 0 Å². The van der Waals surface area contributed by atoms with E-state index >= 15 is 0 Å². The van der Waals surface area contributed by atoms with Crippen molar-refractivity contribution in [1.29, 1.82) is 0 Å². The van der Waals surface area contributed by atoms with Crippen molar-refractivity contribution in [3.05, 3.63) is 187 Å². The second-order valence-corrected chi connectivity index (χ2v) is 13.3. The van der Waals surface area contributed by atoms with Gasteiger partial charge in [-0.15, -0.1) is 0 Å². The minimum atomic E-state index is 0.462. The highest BCUT2D eigenvalue weighted by molar-refractivity contribution is 6.15. The van der Waals surface area contributed by atoms with Gasteiger partial charge in [0.1, 0.15) is 0 Å². The van der Waals surface area contributed by atoms with Gasteiger partial charge in [0.25, 0.3) is 0 Å². The molecule has 0 saturated heterocycles. The minimum absolute atomic E-state index is 0.462. The van der Waals surface area contributed by atoms with Gasteiger partial charge in [-0.05, 0) is 104 Å². The first-order valence-corrected chi connectivity index (χ1v) is 17.0. The third-order valence-corrected chi connectivity index (χ3v) is 10.6. The van der Waals surface area contributed by atoms with E-state index in [-0.39, 0.29) is 0 Å². The summed E-state index contributed by atoms with van der Waals surface area (Å²) >= 11 is 0. The van der Waals surface area contributed by atoms with Crippen molar-refractivity contribution >= 4 is 43.4 Å². The third kappa shape index (κ3) is 4.25. The normalized spacial score (nSPS) is 14.0. The monoisotopic (exact) mass is 611 g/mol. The van der Waals surface area contributed by atoms with Gasteiger partial charge in [0, 0.05) is 16.2 Å². The number of benzene rings is 8. The number of hydrogen-bond acceptors (Lipinski definition) is 0. The Labute approximate surface area is 280 Å². The van der Waals surface area contributed by atoms with Crippen LogP contribution in [0.2, 0.25) is 0 Å². The van der Waals surface area contributed by atoms with E-state index in [9.17, 15) is 0 Å². The zero-order valence-electron chi connectivity index (χ0n) is 26.6. The summed E-state index contributed by atoms with van der Waals surface area (Å²) in [6.45, 7) is 0. The molecule has 0 saturated carbocycles. The molecule has 1 aliphatic rings. The molecule has 0 amide bonds. The number of fused-ring (bicyclic) bond motifs is 9. The quantitative estimate of drug-likeness (QED) is 0.175. The molecule has 0 radical (unpaired) electrons. The van der Waals surface area contributed by atoms with Crippen molar-refractivity contribution in [1.82, 2.24) is 4.57 Å². The number of para-hydroxylation sites is 1. The molecule has 0 aliphatic heterocycles. The van der Waals surface area contributed by atoms with E-state index in [1.165, 1.54) is 88.0 Å². The van der Waals surface area contributed by atoms with Crippen LogP contribution in [0.5, 0.6) is 0 Å². The Balaban J connectivity index is 1.15. The van der Waals surface area contributed by atoms with Gasteiger partial charge in [-0.3, -0.25) is 0 Å². The number of rotatable bonds is 4. The zero-order valence-corrected chi connectivity index (χ0v) is 26.6. The minimum Gasteiger partial charge on any atom is -0.309 e. The molecule has 1 heteroatoms. The van der Waals surface area contributed by atoms with Crippen LogP contribution in [0.15, 0.2) is 170 Å². The highest BCUT2D eigenvalue weighted by atomic mass is 15.0. The van der Waals surface area contributed by atoms with Crippen LogP contribution in [0.25, 0.3) is 71.3 Å². The smallest absolute Gasteiger partial charge is 0.0546 e. The highest BCUT2D eigenvalue weighted by Gasteiger charge is 2.25. The largest absolute Gasteiger partial charge is 0.309 e. The van der Waals surface area contributed by atoms with Crippen LogP contribution >= 0.6 is 0 Å². The molecule has 1 aromatic heterocycles. The lowest BCUT2D eigenvalue weighted by atomic mass is 9.75. The molecule has 0 fully saturated rings. The SMILES string of the molecule is c1ccc(CC2Cc3ccccc3-c3cc(-c4ccc5c(c4)c4ccccc4n5-c4cc5ccccc5c5ccccc45)ccc32)cc1. The van der Waals surface area contributed by atoms with Crippen molar-refractivity contribution in [3.8, 4) is 27.9 Å². The Morgan fingerprint density at radius 1 is 0.458 bits per heavy atom. The van der Waals surface area contributed by atoms with E-state index < -0.39 is 0 Å². The van der Waals surface area contributed by atoms with E-state index in [1.807, 2.05) is 0 Å². The second kappa shape index (κ2) is 10.8. The molecule has 0 spiro atoms. The Kier molecular flexibility index (Phi) is 6.14. The Bertz CT molecular complexity index is 2670. The summed E-state index contributed by atoms with van der Waals surface area (Å²) in [7, 11) is 0. The summed E-state index contributed by atoms with van der Waals surface area (Å²) in [4.78, 5) is 0. The summed E-state index contributed by atoms with van der Waals surface area (Å²) < 4.78 is 2.47. The first kappa shape index (κ1) is 27.2. The zero-order chi connectivity index (χ0) is 31.6.